The second kappa shape index (κ2) is 6.89. The summed E-state index contributed by atoms with van der Waals surface area (Å²) in [5.41, 5.74) is 8.60. The Balaban J connectivity index is 1.64. The number of para-hydroxylation sites is 1. The van der Waals surface area contributed by atoms with Gasteiger partial charge in [0.05, 0.1) is 0 Å². The minimum Gasteiger partial charge on any atom is -0.437 e. The molecule has 2 nitrogen and oxygen atoms in total. The van der Waals surface area contributed by atoms with Gasteiger partial charge in [-0.15, -0.1) is 0 Å². The van der Waals surface area contributed by atoms with Gasteiger partial charge in [-0.05, 0) is 53.3 Å². The van der Waals surface area contributed by atoms with E-state index in [1.807, 2.05) is 13.0 Å². The van der Waals surface area contributed by atoms with Crippen LogP contribution in [0.5, 0.6) is 0 Å². The summed E-state index contributed by atoms with van der Waals surface area (Å²) in [7, 11) is 0. The Hall–Kier alpha value is -3.39. The number of nitrogens with zero attached hydrogens (tertiary/aromatic N) is 1. The molecule has 0 N–H and O–H groups in total. The Morgan fingerprint density at radius 1 is 0.724 bits per heavy atom. The standard InChI is InChI=1S/C27H23NO/c1-17(2)19-11-13-20(14-12-19)21-6-4-7-22(16-21)23-8-5-9-24-25-15-10-18(3)28-27(25)29-26(23)24/h4-17H,1-3H3. The van der Waals surface area contributed by atoms with Crippen LogP contribution in [0.25, 0.3) is 44.3 Å². The third-order valence-electron chi connectivity index (χ3n) is 5.59. The van der Waals surface area contributed by atoms with Gasteiger partial charge in [-0.1, -0.05) is 74.5 Å². The Labute approximate surface area is 170 Å². The summed E-state index contributed by atoms with van der Waals surface area (Å²) < 4.78 is 6.20. The molecule has 0 radical (unpaired) electrons. The lowest BCUT2D eigenvalue weighted by Gasteiger charge is -2.09. The molecule has 142 valence electrons. The van der Waals surface area contributed by atoms with Gasteiger partial charge in [-0.2, -0.15) is 0 Å². The van der Waals surface area contributed by atoms with Crippen LogP contribution in [-0.2, 0) is 0 Å². The smallest absolute Gasteiger partial charge is 0.227 e. The topological polar surface area (TPSA) is 26.0 Å². The maximum Gasteiger partial charge on any atom is 0.227 e. The molecule has 2 heterocycles. The average molecular weight is 377 g/mol. The molecule has 0 atom stereocenters. The van der Waals surface area contributed by atoms with E-state index in [2.05, 4.69) is 91.6 Å². The van der Waals surface area contributed by atoms with E-state index in [4.69, 9.17) is 4.42 Å². The van der Waals surface area contributed by atoms with Crippen molar-refractivity contribution in [3.63, 3.8) is 0 Å². The molecular formula is C27H23NO. The Kier molecular flexibility index (Phi) is 4.21. The van der Waals surface area contributed by atoms with Gasteiger partial charge < -0.3 is 4.42 Å². The molecule has 0 saturated carbocycles. The van der Waals surface area contributed by atoms with Crippen molar-refractivity contribution in [3.8, 4) is 22.3 Å². The molecule has 0 saturated heterocycles. The van der Waals surface area contributed by atoms with Crippen LogP contribution in [0, 0.1) is 6.92 Å². The predicted molar refractivity (Wildman–Crippen MR) is 121 cm³/mol. The second-order valence-corrected chi connectivity index (χ2v) is 7.95. The Morgan fingerprint density at radius 2 is 1.48 bits per heavy atom. The molecule has 5 rings (SSSR count). The van der Waals surface area contributed by atoms with Crippen molar-refractivity contribution in [2.24, 2.45) is 0 Å². The molecule has 0 fully saturated rings. The lowest BCUT2D eigenvalue weighted by atomic mass is 9.96. The average Bonchev–Trinajstić information content (AvgIpc) is 3.11. The summed E-state index contributed by atoms with van der Waals surface area (Å²) in [6.45, 7) is 6.43. The third kappa shape index (κ3) is 3.11. The van der Waals surface area contributed by atoms with E-state index in [9.17, 15) is 0 Å². The molecule has 29 heavy (non-hydrogen) atoms. The highest BCUT2D eigenvalue weighted by Crippen LogP contribution is 2.36. The molecule has 0 unspecified atom stereocenters. The fourth-order valence-electron chi connectivity index (χ4n) is 3.93. The minimum absolute atomic E-state index is 0.540. The molecule has 0 spiro atoms. The summed E-state index contributed by atoms with van der Waals surface area (Å²) in [6, 6.07) is 28.0. The SMILES string of the molecule is Cc1ccc2c(n1)oc1c(-c3cccc(-c4ccc(C(C)C)cc4)c3)cccc12. The van der Waals surface area contributed by atoms with Crippen molar-refractivity contribution >= 4 is 22.1 Å². The maximum absolute atomic E-state index is 6.20. The van der Waals surface area contributed by atoms with Crippen LogP contribution in [0.2, 0.25) is 0 Å². The number of furan rings is 1. The largest absolute Gasteiger partial charge is 0.437 e. The monoisotopic (exact) mass is 377 g/mol. The van der Waals surface area contributed by atoms with Gasteiger partial charge in [0.2, 0.25) is 5.71 Å². The number of benzene rings is 3. The van der Waals surface area contributed by atoms with E-state index >= 15 is 0 Å². The Bertz CT molecular complexity index is 1330. The molecule has 2 heteroatoms. The van der Waals surface area contributed by atoms with Crippen LogP contribution in [0.4, 0.5) is 0 Å². The first-order valence-corrected chi connectivity index (χ1v) is 10.1. The molecule has 0 amide bonds. The number of fused-ring (bicyclic) bond motifs is 3. The van der Waals surface area contributed by atoms with Crippen LogP contribution < -0.4 is 0 Å². The van der Waals surface area contributed by atoms with Crippen LogP contribution in [0.1, 0.15) is 31.0 Å². The lowest BCUT2D eigenvalue weighted by molar-refractivity contribution is 0.653. The molecule has 3 aromatic carbocycles. The Morgan fingerprint density at radius 3 is 2.28 bits per heavy atom. The first kappa shape index (κ1) is 17.7. The first-order valence-electron chi connectivity index (χ1n) is 10.1. The summed E-state index contributed by atoms with van der Waals surface area (Å²) in [4.78, 5) is 4.57. The van der Waals surface area contributed by atoms with Gasteiger partial charge in [-0.3, -0.25) is 0 Å². The number of hydrogen-bond acceptors (Lipinski definition) is 2. The molecule has 2 aromatic heterocycles. The molecule has 0 aliphatic heterocycles. The zero-order chi connectivity index (χ0) is 20.0. The summed E-state index contributed by atoms with van der Waals surface area (Å²) in [5.74, 6) is 0.540. The zero-order valence-electron chi connectivity index (χ0n) is 16.9. The van der Waals surface area contributed by atoms with Gasteiger partial charge in [0.25, 0.3) is 0 Å². The molecule has 0 aliphatic rings. The second-order valence-electron chi connectivity index (χ2n) is 7.95. The van der Waals surface area contributed by atoms with E-state index in [1.165, 1.54) is 16.7 Å². The summed E-state index contributed by atoms with van der Waals surface area (Å²) in [5, 5.41) is 2.17. The van der Waals surface area contributed by atoms with Crippen LogP contribution >= 0.6 is 0 Å². The molecule has 5 aromatic rings. The molecular weight excluding hydrogens is 354 g/mol. The van der Waals surface area contributed by atoms with Crippen molar-refractivity contribution in [1.29, 1.82) is 0 Å². The van der Waals surface area contributed by atoms with Crippen LogP contribution in [0.15, 0.2) is 83.3 Å². The fourth-order valence-corrected chi connectivity index (χ4v) is 3.93. The van der Waals surface area contributed by atoms with E-state index < -0.39 is 0 Å². The van der Waals surface area contributed by atoms with Gasteiger partial charge in [-0.25, -0.2) is 4.98 Å². The lowest BCUT2D eigenvalue weighted by Crippen LogP contribution is -1.87. The van der Waals surface area contributed by atoms with Crippen molar-refractivity contribution in [3.05, 3.63) is 90.1 Å². The number of pyridine rings is 1. The van der Waals surface area contributed by atoms with Crippen molar-refractivity contribution < 1.29 is 4.42 Å². The molecule has 0 aliphatic carbocycles. The van der Waals surface area contributed by atoms with Crippen LogP contribution in [-0.4, -0.2) is 4.98 Å². The number of rotatable bonds is 3. The fraction of sp³-hybridized carbons (Fsp3) is 0.148. The highest BCUT2D eigenvalue weighted by atomic mass is 16.3. The predicted octanol–water partition coefficient (Wildman–Crippen LogP) is 7.75. The third-order valence-corrected chi connectivity index (χ3v) is 5.59. The maximum atomic E-state index is 6.20. The zero-order valence-corrected chi connectivity index (χ0v) is 16.9. The normalized spacial score (nSPS) is 11.6. The van der Waals surface area contributed by atoms with Crippen molar-refractivity contribution in [1.82, 2.24) is 4.98 Å². The first-order chi connectivity index (χ1) is 14.1. The highest BCUT2D eigenvalue weighted by Gasteiger charge is 2.13. The minimum atomic E-state index is 0.540. The summed E-state index contributed by atoms with van der Waals surface area (Å²) >= 11 is 0. The van der Waals surface area contributed by atoms with Gasteiger partial charge in [0.15, 0.2) is 0 Å². The van der Waals surface area contributed by atoms with E-state index in [1.54, 1.807) is 0 Å². The van der Waals surface area contributed by atoms with Crippen LogP contribution in [0.3, 0.4) is 0 Å². The van der Waals surface area contributed by atoms with Gasteiger partial charge >= 0.3 is 0 Å². The number of hydrogen-bond donors (Lipinski definition) is 0. The number of aryl methyl sites for hydroxylation is 1. The summed E-state index contributed by atoms with van der Waals surface area (Å²) in [6.07, 6.45) is 0. The van der Waals surface area contributed by atoms with E-state index in [0.29, 0.717) is 11.6 Å². The van der Waals surface area contributed by atoms with E-state index in [-0.39, 0.29) is 0 Å². The highest BCUT2D eigenvalue weighted by molar-refractivity contribution is 6.08. The quantitative estimate of drug-likeness (QED) is 0.321. The van der Waals surface area contributed by atoms with Crippen molar-refractivity contribution in [2.75, 3.05) is 0 Å². The number of aromatic nitrogens is 1. The van der Waals surface area contributed by atoms with Crippen molar-refractivity contribution in [2.45, 2.75) is 26.7 Å². The van der Waals surface area contributed by atoms with Gasteiger partial charge in [0, 0.05) is 22.0 Å². The molecule has 0 bridgehead atoms. The van der Waals surface area contributed by atoms with E-state index in [0.717, 1.165) is 33.2 Å². The van der Waals surface area contributed by atoms with Gasteiger partial charge in [0.1, 0.15) is 5.58 Å².